The van der Waals surface area contributed by atoms with Crippen molar-refractivity contribution in [3.05, 3.63) is 94.4 Å². The van der Waals surface area contributed by atoms with Crippen molar-refractivity contribution < 1.29 is 0 Å². The molecule has 1 aromatic heterocycles. The lowest BCUT2D eigenvalue weighted by atomic mass is 10.2. The summed E-state index contributed by atoms with van der Waals surface area (Å²) in [6.45, 7) is 4.06. The molecule has 24 heavy (non-hydrogen) atoms. The smallest absolute Gasteiger partial charge is 0.260 e. The van der Waals surface area contributed by atoms with Crippen molar-refractivity contribution in [1.29, 1.82) is 0 Å². The lowest BCUT2D eigenvalue weighted by molar-refractivity contribution is 0.919. The average molecular weight is 314 g/mol. The van der Waals surface area contributed by atoms with Crippen molar-refractivity contribution in [2.24, 2.45) is 0 Å². The topological polar surface area (TPSA) is 26.9 Å². The monoisotopic (exact) mass is 314 g/mol. The SMILES string of the molecule is Cc1ccccc1-n1c(=O)n(-c2ccccc2C)c2ccccc21. The van der Waals surface area contributed by atoms with Crippen LogP contribution >= 0.6 is 0 Å². The van der Waals surface area contributed by atoms with Crippen LogP contribution in [0, 0.1) is 13.8 Å². The summed E-state index contributed by atoms with van der Waals surface area (Å²) in [6.07, 6.45) is 0. The van der Waals surface area contributed by atoms with Crippen LogP contribution in [0.1, 0.15) is 11.1 Å². The summed E-state index contributed by atoms with van der Waals surface area (Å²) in [5.41, 5.74) is 5.79. The lowest BCUT2D eigenvalue weighted by Gasteiger charge is -2.07. The molecule has 0 amide bonds. The molecule has 4 rings (SSSR count). The van der Waals surface area contributed by atoms with Crippen LogP contribution in [-0.2, 0) is 0 Å². The van der Waals surface area contributed by atoms with Crippen LogP contribution in [0.2, 0.25) is 0 Å². The molecule has 3 nitrogen and oxygen atoms in total. The maximum absolute atomic E-state index is 13.3. The number of para-hydroxylation sites is 4. The summed E-state index contributed by atoms with van der Waals surface area (Å²) in [7, 11) is 0. The van der Waals surface area contributed by atoms with Crippen molar-refractivity contribution in [3.63, 3.8) is 0 Å². The Hall–Kier alpha value is -3.07. The number of fused-ring (bicyclic) bond motifs is 1. The Bertz CT molecular complexity index is 1020. The molecule has 3 aromatic carbocycles. The minimum atomic E-state index is -0.0419. The van der Waals surface area contributed by atoms with E-state index in [4.69, 9.17) is 0 Å². The number of hydrogen-bond donors (Lipinski definition) is 0. The Morgan fingerprint density at radius 2 is 0.958 bits per heavy atom. The van der Waals surface area contributed by atoms with Crippen LogP contribution in [0.4, 0.5) is 0 Å². The van der Waals surface area contributed by atoms with Gasteiger partial charge in [-0.05, 0) is 49.2 Å². The van der Waals surface area contributed by atoms with Gasteiger partial charge >= 0.3 is 5.69 Å². The molecule has 0 fully saturated rings. The van der Waals surface area contributed by atoms with Gasteiger partial charge in [-0.15, -0.1) is 0 Å². The largest absolute Gasteiger partial charge is 0.338 e. The van der Waals surface area contributed by atoms with Gasteiger partial charge in [-0.25, -0.2) is 4.79 Å². The van der Waals surface area contributed by atoms with Gasteiger partial charge in [0.05, 0.1) is 22.4 Å². The van der Waals surface area contributed by atoms with Crippen molar-refractivity contribution in [3.8, 4) is 11.4 Å². The number of aromatic nitrogens is 2. The molecule has 1 heterocycles. The van der Waals surface area contributed by atoms with Crippen LogP contribution in [-0.4, -0.2) is 9.13 Å². The third-order valence-corrected chi connectivity index (χ3v) is 4.46. The third-order valence-electron chi connectivity index (χ3n) is 4.46. The number of nitrogens with zero attached hydrogens (tertiary/aromatic N) is 2. The second kappa shape index (κ2) is 5.53. The minimum absolute atomic E-state index is 0.0419. The second-order valence-corrected chi connectivity index (χ2v) is 6.02. The summed E-state index contributed by atoms with van der Waals surface area (Å²) >= 11 is 0. The van der Waals surface area contributed by atoms with E-state index in [-0.39, 0.29) is 5.69 Å². The molecule has 0 bridgehead atoms. The summed E-state index contributed by atoms with van der Waals surface area (Å²) < 4.78 is 3.61. The van der Waals surface area contributed by atoms with Crippen LogP contribution in [0.15, 0.2) is 77.6 Å². The molecular weight excluding hydrogens is 296 g/mol. The zero-order chi connectivity index (χ0) is 16.7. The van der Waals surface area contributed by atoms with Crippen LogP contribution < -0.4 is 5.69 Å². The first-order chi connectivity index (χ1) is 11.7. The highest BCUT2D eigenvalue weighted by atomic mass is 16.1. The average Bonchev–Trinajstić information content (AvgIpc) is 2.88. The third kappa shape index (κ3) is 2.09. The molecule has 0 aliphatic carbocycles. The van der Waals surface area contributed by atoms with Crippen LogP contribution in [0.25, 0.3) is 22.4 Å². The molecule has 118 valence electrons. The fraction of sp³-hybridized carbons (Fsp3) is 0.0952. The zero-order valence-electron chi connectivity index (χ0n) is 13.7. The van der Waals surface area contributed by atoms with E-state index in [1.54, 1.807) is 9.13 Å². The van der Waals surface area contributed by atoms with E-state index < -0.39 is 0 Å². The summed E-state index contributed by atoms with van der Waals surface area (Å²) in [5.74, 6) is 0. The Labute approximate surface area is 140 Å². The van der Waals surface area contributed by atoms with E-state index >= 15 is 0 Å². The Morgan fingerprint density at radius 1 is 0.583 bits per heavy atom. The summed E-state index contributed by atoms with van der Waals surface area (Å²) in [5, 5.41) is 0. The van der Waals surface area contributed by atoms with E-state index in [0.717, 1.165) is 33.5 Å². The van der Waals surface area contributed by atoms with Gasteiger partial charge in [0.1, 0.15) is 0 Å². The van der Waals surface area contributed by atoms with Crippen LogP contribution in [0.5, 0.6) is 0 Å². The highest BCUT2D eigenvalue weighted by Crippen LogP contribution is 2.23. The van der Waals surface area contributed by atoms with E-state index in [2.05, 4.69) is 0 Å². The van der Waals surface area contributed by atoms with E-state index in [1.165, 1.54) is 0 Å². The van der Waals surface area contributed by atoms with E-state index in [1.807, 2.05) is 86.6 Å². The number of benzene rings is 3. The summed E-state index contributed by atoms with van der Waals surface area (Å²) in [6, 6.07) is 23.9. The number of imidazole rings is 1. The summed E-state index contributed by atoms with van der Waals surface area (Å²) in [4.78, 5) is 13.3. The standard InChI is InChI=1S/C21H18N2O/c1-15-9-3-5-11-17(15)22-19-13-7-8-14-20(19)23(21(22)24)18-12-6-4-10-16(18)2/h3-14H,1-2H3. The van der Waals surface area contributed by atoms with Gasteiger partial charge in [0, 0.05) is 0 Å². The number of rotatable bonds is 2. The maximum Gasteiger partial charge on any atom is 0.338 e. The molecule has 0 saturated carbocycles. The highest BCUT2D eigenvalue weighted by Gasteiger charge is 2.17. The molecule has 0 spiro atoms. The van der Waals surface area contributed by atoms with Crippen molar-refractivity contribution in [2.75, 3.05) is 0 Å². The predicted octanol–water partition coefficient (Wildman–Crippen LogP) is 4.40. The number of hydrogen-bond acceptors (Lipinski definition) is 1. The van der Waals surface area contributed by atoms with Gasteiger partial charge in [-0.1, -0.05) is 48.5 Å². The predicted molar refractivity (Wildman–Crippen MR) is 98.3 cm³/mol. The van der Waals surface area contributed by atoms with Gasteiger partial charge in [0.15, 0.2) is 0 Å². The molecule has 0 unspecified atom stereocenters. The fourth-order valence-corrected chi connectivity index (χ4v) is 3.24. The molecule has 0 N–H and O–H groups in total. The Kier molecular flexibility index (Phi) is 3.35. The first-order valence-electron chi connectivity index (χ1n) is 8.03. The normalized spacial score (nSPS) is 11.1. The first-order valence-corrected chi connectivity index (χ1v) is 8.03. The molecule has 3 heteroatoms. The highest BCUT2D eigenvalue weighted by molar-refractivity contribution is 5.80. The molecule has 0 radical (unpaired) electrons. The van der Waals surface area contributed by atoms with E-state index in [9.17, 15) is 4.79 Å². The first kappa shape index (κ1) is 14.5. The van der Waals surface area contributed by atoms with Crippen molar-refractivity contribution >= 4 is 11.0 Å². The van der Waals surface area contributed by atoms with Crippen LogP contribution in [0.3, 0.4) is 0 Å². The molecule has 0 aliphatic rings. The van der Waals surface area contributed by atoms with Gasteiger partial charge in [-0.2, -0.15) is 0 Å². The van der Waals surface area contributed by atoms with Crippen molar-refractivity contribution in [2.45, 2.75) is 13.8 Å². The zero-order valence-corrected chi connectivity index (χ0v) is 13.7. The van der Waals surface area contributed by atoms with Crippen molar-refractivity contribution in [1.82, 2.24) is 9.13 Å². The van der Waals surface area contributed by atoms with Gasteiger partial charge in [-0.3, -0.25) is 9.13 Å². The Balaban J connectivity index is 2.15. The Morgan fingerprint density at radius 3 is 1.38 bits per heavy atom. The fourth-order valence-electron chi connectivity index (χ4n) is 3.24. The molecule has 0 aliphatic heterocycles. The molecular formula is C21H18N2O. The second-order valence-electron chi connectivity index (χ2n) is 6.02. The van der Waals surface area contributed by atoms with E-state index in [0.29, 0.717) is 0 Å². The molecule has 0 saturated heterocycles. The molecule has 4 aromatic rings. The van der Waals surface area contributed by atoms with Gasteiger partial charge in [0.2, 0.25) is 0 Å². The van der Waals surface area contributed by atoms with Gasteiger partial charge in [0.25, 0.3) is 0 Å². The minimum Gasteiger partial charge on any atom is -0.260 e. The lowest BCUT2D eigenvalue weighted by Crippen LogP contribution is -2.23. The maximum atomic E-state index is 13.3. The molecule has 0 atom stereocenters. The number of aryl methyl sites for hydroxylation is 2. The quantitative estimate of drug-likeness (QED) is 0.539. The van der Waals surface area contributed by atoms with Gasteiger partial charge < -0.3 is 0 Å².